The molecule has 2 aromatic rings. The lowest BCUT2D eigenvalue weighted by atomic mass is 9.95. The summed E-state index contributed by atoms with van der Waals surface area (Å²) in [6.07, 6.45) is 7.47. The number of hydrogen-bond acceptors (Lipinski definition) is 5. The van der Waals surface area contributed by atoms with E-state index in [0.717, 1.165) is 12.8 Å². The van der Waals surface area contributed by atoms with Crippen LogP contribution in [0.1, 0.15) is 44.9 Å². The molecule has 1 fully saturated rings. The molecule has 1 aromatic carbocycles. The van der Waals surface area contributed by atoms with Crippen LogP contribution in [-0.4, -0.2) is 32.0 Å². The Balaban J connectivity index is 1.61. The van der Waals surface area contributed by atoms with Gasteiger partial charge in [-0.15, -0.1) is 16.8 Å². The molecule has 0 unspecified atom stereocenters. The lowest BCUT2D eigenvalue weighted by Crippen LogP contribution is -2.40. The van der Waals surface area contributed by atoms with Crippen molar-refractivity contribution in [3.8, 4) is 5.75 Å². The summed E-state index contributed by atoms with van der Waals surface area (Å²) in [5.41, 5.74) is 0. The number of aromatic nitrogens is 3. The van der Waals surface area contributed by atoms with E-state index in [1.165, 1.54) is 43.2 Å². The van der Waals surface area contributed by atoms with Gasteiger partial charge in [0, 0.05) is 12.6 Å². The van der Waals surface area contributed by atoms with Gasteiger partial charge < -0.3 is 10.1 Å². The predicted octanol–water partition coefficient (Wildman–Crippen LogP) is 4.11. The maximum Gasteiger partial charge on any atom is 0.233 e. The van der Waals surface area contributed by atoms with E-state index in [-0.39, 0.29) is 29.6 Å². The molecule has 1 atom stereocenters. The predicted molar refractivity (Wildman–Crippen MR) is 111 cm³/mol. The first kappa shape index (κ1) is 21.4. The molecule has 0 radical (unpaired) electrons. The molecule has 1 heterocycles. The number of thioether (sulfide) groups is 1. The third-order valence-electron chi connectivity index (χ3n) is 4.89. The molecule has 0 bridgehead atoms. The molecular formula is C21H27FN4O2S. The molecule has 1 amide bonds. The average Bonchev–Trinajstić information content (AvgIpc) is 3.10. The van der Waals surface area contributed by atoms with E-state index in [1.807, 2.05) is 11.5 Å². The fourth-order valence-electron chi connectivity index (χ4n) is 3.28. The number of carbonyl (C=O) groups excluding carboxylic acids is 1. The number of halogens is 1. The molecule has 29 heavy (non-hydrogen) atoms. The molecule has 6 nitrogen and oxygen atoms in total. The summed E-state index contributed by atoms with van der Waals surface area (Å²) >= 11 is 1.38. The zero-order chi connectivity index (χ0) is 20.6. The van der Waals surface area contributed by atoms with Crippen LogP contribution in [0.2, 0.25) is 0 Å². The number of rotatable bonds is 9. The third kappa shape index (κ3) is 6.06. The van der Waals surface area contributed by atoms with E-state index < -0.39 is 0 Å². The normalized spacial score (nSPS) is 15.7. The number of carbonyl (C=O) groups is 1. The first-order chi connectivity index (χ1) is 14.1. The fraction of sp³-hybridized carbons (Fsp3) is 0.476. The first-order valence-corrected chi connectivity index (χ1v) is 10.8. The standard InChI is InChI=1S/C21H27FN4O2S/c1-3-13-26-19(14-28-18-11-9-16(22)10-12-18)24-25-21(26)29-15(2)20(27)23-17-7-5-4-6-8-17/h3,9-12,15,17H,1,4-8,13-14H2,2H3,(H,23,27)/t15-/m0/s1. The van der Waals surface area contributed by atoms with Gasteiger partial charge in [0.2, 0.25) is 5.91 Å². The lowest BCUT2D eigenvalue weighted by Gasteiger charge is -2.24. The number of allylic oxidation sites excluding steroid dienone is 1. The highest BCUT2D eigenvalue weighted by atomic mass is 32.2. The molecule has 0 saturated heterocycles. The van der Waals surface area contributed by atoms with Crippen molar-refractivity contribution in [2.75, 3.05) is 0 Å². The molecule has 1 saturated carbocycles. The molecule has 1 N–H and O–H groups in total. The molecule has 156 valence electrons. The number of nitrogens with zero attached hydrogens (tertiary/aromatic N) is 3. The van der Waals surface area contributed by atoms with Crippen LogP contribution in [0.5, 0.6) is 5.75 Å². The maximum absolute atomic E-state index is 13.0. The van der Waals surface area contributed by atoms with Crippen molar-refractivity contribution < 1.29 is 13.9 Å². The summed E-state index contributed by atoms with van der Waals surface area (Å²) in [5, 5.41) is 12.0. The van der Waals surface area contributed by atoms with Gasteiger partial charge >= 0.3 is 0 Å². The average molecular weight is 419 g/mol. The van der Waals surface area contributed by atoms with Crippen molar-refractivity contribution in [1.82, 2.24) is 20.1 Å². The van der Waals surface area contributed by atoms with Gasteiger partial charge in [-0.25, -0.2) is 4.39 Å². The van der Waals surface area contributed by atoms with Crippen molar-refractivity contribution in [2.45, 2.75) is 68.6 Å². The Bertz CT molecular complexity index is 819. The van der Waals surface area contributed by atoms with E-state index in [4.69, 9.17) is 4.74 Å². The Hall–Kier alpha value is -2.35. The monoisotopic (exact) mass is 418 g/mol. The van der Waals surface area contributed by atoms with Crippen LogP contribution in [0.3, 0.4) is 0 Å². The molecule has 8 heteroatoms. The van der Waals surface area contributed by atoms with Crippen LogP contribution in [0.4, 0.5) is 4.39 Å². The minimum Gasteiger partial charge on any atom is -0.486 e. The Labute approximate surface area is 174 Å². The van der Waals surface area contributed by atoms with Gasteiger partial charge in [-0.05, 0) is 44.0 Å². The van der Waals surface area contributed by atoms with Gasteiger partial charge in [0.15, 0.2) is 11.0 Å². The molecule has 1 aliphatic rings. The third-order valence-corrected chi connectivity index (χ3v) is 5.97. The van der Waals surface area contributed by atoms with E-state index in [0.29, 0.717) is 23.3 Å². The number of ether oxygens (including phenoxy) is 1. The second kappa shape index (κ2) is 10.4. The van der Waals surface area contributed by atoms with Crippen LogP contribution >= 0.6 is 11.8 Å². The topological polar surface area (TPSA) is 69.0 Å². The van der Waals surface area contributed by atoms with E-state index >= 15 is 0 Å². The summed E-state index contributed by atoms with van der Waals surface area (Å²) in [6, 6.07) is 6.10. The van der Waals surface area contributed by atoms with Crippen molar-refractivity contribution in [3.63, 3.8) is 0 Å². The largest absolute Gasteiger partial charge is 0.486 e. The van der Waals surface area contributed by atoms with Crippen LogP contribution < -0.4 is 10.1 Å². The second-order valence-electron chi connectivity index (χ2n) is 7.14. The Kier molecular flexibility index (Phi) is 7.69. The first-order valence-electron chi connectivity index (χ1n) is 9.95. The zero-order valence-electron chi connectivity index (χ0n) is 16.6. The summed E-state index contributed by atoms with van der Waals surface area (Å²) in [4.78, 5) is 12.6. The number of amides is 1. The van der Waals surface area contributed by atoms with Crippen LogP contribution in [-0.2, 0) is 17.9 Å². The summed E-state index contributed by atoms with van der Waals surface area (Å²) in [7, 11) is 0. The van der Waals surface area contributed by atoms with Crippen LogP contribution in [0.15, 0.2) is 42.1 Å². The molecule has 3 rings (SSSR count). The lowest BCUT2D eigenvalue weighted by molar-refractivity contribution is -0.121. The molecular weight excluding hydrogens is 391 g/mol. The molecule has 1 aliphatic carbocycles. The highest BCUT2D eigenvalue weighted by Gasteiger charge is 2.23. The highest BCUT2D eigenvalue weighted by molar-refractivity contribution is 8.00. The van der Waals surface area contributed by atoms with E-state index in [9.17, 15) is 9.18 Å². The Morgan fingerprint density at radius 3 is 2.76 bits per heavy atom. The van der Waals surface area contributed by atoms with Crippen molar-refractivity contribution in [1.29, 1.82) is 0 Å². The minimum atomic E-state index is -0.314. The minimum absolute atomic E-state index is 0.0270. The number of nitrogens with one attached hydrogen (secondary N) is 1. The van der Waals surface area contributed by atoms with E-state index in [2.05, 4.69) is 22.1 Å². The van der Waals surface area contributed by atoms with E-state index in [1.54, 1.807) is 18.2 Å². The zero-order valence-corrected chi connectivity index (χ0v) is 17.5. The van der Waals surface area contributed by atoms with Gasteiger partial charge in [0.1, 0.15) is 18.2 Å². The fourth-order valence-corrected chi connectivity index (χ4v) is 4.17. The quantitative estimate of drug-likeness (QED) is 0.490. The van der Waals surface area contributed by atoms with Gasteiger partial charge in [0.25, 0.3) is 0 Å². The summed E-state index contributed by atoms with van der Waals surface area (Å²) in [6.45, 7) is 6.37. The molecule has 0 aliphatic heterocycles. The SMILES string of the molecule is C=CCn1c(COc2ccc(F)cc2)nnc1S[C@@H](C)C(=O)NC1CCCCC1. The van der Waals surface area contributed by atoms with Crippen molar-refractivity contribution >= 4 is 17.7 Å². The second-order valence-corrected chi connectivity index (χ2v) is 8.45. The number of hydrogen-bond donors (Lipinski definition) is 1. The van der Waals surface area contributed by atoms with Crippen LogP contribution in [0.25, 0.3) is 0 Å². The van der Waals surface area contributed by atoms with Crippen molar-refractivity contribution in [2.24, 2.45) is 0 Å². The van der Waals surface area contributed by atoms with Crippen molar-refractivity contribution in [3.05, 3.63) is 48.6 Å². The van der Waals surface area contributed by atoms with Gasteiger partial charge in [0.05, 0.1) is 5.25 Å². The summed E-state index contributed by atoms with van der Waals surface area (Å²) in [5.74, 6) is 0.885. The van der Waals surface area contributed by atoms with Gasteiger partial charge in [-0.3, -0.25) is 9.36 Å². The maximum atomic E-state index is 13.0. The number of benzene rings is 1. The van der Waals surface area contributed by atoms with Crippen LogP contribution in [0, 0.1) is 5.82 Å². The Morgan fingerprint density at radius 2 is 2.07 bits per heavy atom. The Morgan fingerprint density at radius 1 is 1.34 bits per heavy atom. The molecule has 1 aromatic heterocycles. The highest BCUT2D eigenvalue weighted by Crippen LogP contribution is 2.24. The van der Waals surface area contributed by atoms with Gasteiger partial charge in [-0.2, -0.15) is 0 Å². The van der Waals surface area contributed by atoms with Gasteiger partial charge in [-0.1, -0.05) is 37.1 Å². The summed E-state index contributed by atoms with van der Waals surface area (Å²) < 4.78 is 20.6. The smallest absolute Gasteiger partial charge is 0.233 e. The molecule has 0 spiro atoms.